The quantitative estimate of drug-likeness (QED) is 0.787. The number of rotatable bonds is 2. The zero-order valence-corrected chi connectivity index (χ0v) is 9.46. The van der Waals surface area contributed by atoms with Crippen molar-refractivity contribution in [3.8, 4) is 0 Å². The molecule has 0 spiro atoms. The highest BCUT2D eigenvalue weighted by Gasteiger charge is 2.15. The number of nitrogens with zero attached hydrogens (tertiary/aromatic N) is 2. The molecule has 0 amide bonds. The van der Waals surface area contributed by atoms with Crippen LogP contribution in [0.4, 0.5) is 0 Å². The van der Waals surface area contributed by atoms with Crippen molar-refractivity contribution in [1.29, 1.82) is 0 Å². The van der Waals surface area contributed by atoms with Gasteiger partial charge in [-0.1, -0.05) is 0 Å². The second kappa shape index (κ2) is 6.00. The molecule has 2 rings (SSSR count). The van der Waals surface area contributed by atoms with Gasteiger partial charge in [-0.25, -0.2) is 9.97 Å². The predicted molar refractivity (Wildman–Crippen MR) is 62.0 cm³/mol. The SMILES string of the molecule is Cl.NCc1ncc(C2CCCNC2)cn1. The van der Waals surface area contributed by atoms with Gasteiger partial charge in [-0.15, -0.1) is 12.4 Å². The molecule has 1 aliphatic heterocycles. The van der Waals surface area contributed by atoms with Gasteiger partial charge >= 0.3 is 0 Å². The Labute approximate surface area is 96.1 Å². The van der Waals surface area contributed by atoms with E-state index in [1.54, 1.807) is 0 Å². The second-order valence-electron chi connectivity index (χ2n) is 3.68. The lowest BCUT2D eigenvalue weighted by Crippen LogP contribution is -2.28. The Balaban J connectivity index is 0.00000112. The molecule has 1 aliphatic rings. The number of hydrogen-bond acceptors (Lipinski definition) is 4. The van der Waals surface area contributed by atoms with Gasteiger partial charge in [0.25, 0.3) is 0 Å². The maximum Gasteiger partial charge on any atom is 0.141 e. The van der Waals surface area contributed by atoms with E-state index in [4.69, 9.17) is 5.73 Å². The summed E-state index contributed by atoms with van der Waals surface area (Å²) in [6.07, 6.45) is 6.29. The Hall–Kier alpha value is -0.710. The van der Waals surface area contributed by atoms with Gasteiger partial charge in [0, 0.05) is 18.9 Å². The molecule has 1 fully saturated rings. The summed E-state index contributed by atoms with van der Waals surface area (Å²) in [6, 6.07) is 0. The monoisotopic (exact) mass is 228 g/mol. The largest absolute Gasteiger partial charge is 0.324 e. The molecule has 5 heteroatoms. The van der Waals surface area contributed by atoms with E-state index in [2.05, 4.69) is 15.3 Å². The Bertz CT molecular complexity index is 282. The Kier molecular flexibility index (Phi) is 4.94. The minimum atomic E-state index is 0. The lowest BCUT2D eigenvalue weighted by molar-refractivity contribution is 0.459. The maximum absolute atomic E-state index is 5.44. The molecule has 4 nitrogen and oxygen atoms in total. The zero-order chi connectivity index (χ0) is 9.80. The van der Waals surface area contributed by atoms with Crippen LogP contribution < -0.4 is 11.1 Å². The molecule has 84 valence electrons. The molecule has 0 aliphatic carbocycles. The summed E-state index contributed by atoms with van der Waals surface area (Å²) in [4.78, 5) is 8.42. The van der Waals surface area contributed by atoms with E-state index in [9.17, 15) is 0 Å². The summed E-state index contributed by atoms with van der Waals surface area (Å²) < 4.78 is 0. The molecule has 1 atom stereocenters. The summed E-state index contributed by atoms with van der Waals surface area (Å²) in [5.41, 5.74) is 6.67. The first-order valence-electron chi connectivity index (χ1n) is 5.12. The standard InChI is InChI=1S/C10H16N4.ClH/c11-4-10-13-6-9(7-14-10)8-2-1-3-12-5-8;/h6-8,12H,1-5,11H2;1H. The third-order valence-corrected chi connectivity index (χ3v) is 2.68. The Morgan fingerprint density at radius 2 is 2.13 bits per heavy atom. The van der Waals surface area contributed by atoms with E-state index in [1.807, 2.05) is 12.4 Å². The van der Waals surface area contributed by atoms with Crippen molar-refractivity contribution in [2.45, 2.75) is 25.3 Å². The van der Waals surface area contributed by atoms with Crippen LogP contribution in [0.25, 0.3) is 0 Å². The van der Waals surface area contributed by atoms with Crippen molar-refractivity contribution in [3.05, 3.63) is 23.8 Å². The fraction of sp³-hybridized carbons (Fsp3) is 0.600. The summed E-state index contributed by atoms with van der Waals surface area (Å²) in [5, 5.41) is 3.38. The predicted octanol–water partition coefficient (Wildman–Crippen LogP) is 0.824. The number of nitrogens with one attached hydrogen (secondary N) is 1. The van der Waals surface area contributed by atoms with Crippen LogP contribution in [0.1, 0.15) is 30.1 Å². The minimum Gasteiger partial charge on any atom is -0.324 e. The molecule has 1 saturated heterocycles. The number of aromatic nitrogens is 2. The molecule has 1 unspecified atom stereocenters. The van der Waals surface area contributed by atoms with Crippen LogP contribution in [-0.2, 0) is 6.54 Å². The first-order valence-corrected chi connectivity index (χ1v) is 5.12. The maximum atomic E-state index is 5.44. The molecule has 0 radical (unpaired) electrons. The third kappa shape index (κ3) is 3.12. The lowest BCUT2D eigenvalue weighted by Gasteiger charge is -2.22. The van der Waals surface area contributed by atoms with E-state index in [0.717, 1.165) is 18.9 Å². The van der Waals surface area contributed by atoms with E-state index in [0.29, 0.717) is 12.5 Å². The van der Waals surface area contributed by atoms with Crippen LogP contribution >= 0.6 is 12.4 Å². The smallest absolute Gasteiger partial charge is 0.141 e. The molecule has 2 heterocycles. The topological polar surface area (TPSA) is 63.8 Å². The molecule has 1 aromatic heterocycles. The first kappa shape index (κ1) is 12.4. The van der Waals surface area contributed by atoms with Gasteiger partial charge in [0.05, 0.1) is 6.54 Å². The van der Waals surface area contributed by atoms with Crippen molar-refractivity contribution in [2.75, 3.05) is 13.1 Å². The van der Waals surface area contributed by atoms with E-state index >= 15 is 0 Å². The van der Waals surface area contributed by atoms with Crippen molar-refractivity contribution < 1.29 is 0 Å². The normalized spacial score (nSPS) is 20.7. The van der Waals surface area contributed by atoms with Gasteiger partial charge in [-0.3, -0.25) is 0 Å². The zero-order valence-electron chi connectivity index (χ0n) is 8.65. The average molecular weight is 229 g/mol. The third-order valence-electron chi connectivity index (χ3n) is 2.68. The van der Waals surface area contributed by atoms with Crippen LogP contribution in [0.5, 0.6) is 0 Å². The Morgan fingerprint density at radius 1 is 1.40 bits per heavy atom. The molecule has 1 aromatic rings. The van der Waals surface area contributed by atoms with Gasteiger partial charge in [-0.2, -0.15) is 0 Å². The molecular formula is C10H17ClN4. The summed E-state index contributed by atoms with van der Waals surface area (Å²) in [6.45, 7) is 2.60. The second-order valence-corrected chi connectivity index (χ2v) is 3.68. The molecule has 0 aromatic carbocycles. The van der Waals surface area contributed by atoms with Crippen LogP contribution in [0.15, 0.2) is 12.4 Å². The van der Waals surface area contributed by atoms with E-state index < -0.39 is 0 Å². The number of halogens is 1. The van der Waals surface area contributed by atoms with Gasteiger partial charge in [-0.05, 0) is 30.9 Å². The summed E-state index contributed by atoms with van der Waals surface area (Å²) >= 11 is 0. The van der Waals surface area contributed by atoms with Crippen molar-refractivity contribution in [2.24, 2.45) is 5.73 Å². The fourth-order valence-electron chi connectivity index (χ4n) is 1.82. The number of piperidine rings is 1. The number of hydrogen-bond donors (Lipinski definition) is 2. The van der Waals surface area contributed by atoms with Gasteiger partial charge in [0.1, 0.15) is 5.82 Å². The van der Waals surface area contributed by atoms with Crippen LogP contribution in [0.2, 0.25) is 0 Å². The highest BCUT2D eigenvalue weighted by molar-refractivity contribution is 5.85. The first-order chi connectivity index (χ1) is 6.90. The van der Waals surface area contributed by atoms with Crippen LogP contribution in [0.3, 0.4) is 0 Å². The van der Waals surface area contributed by atoms with Crippen molar-refractivity contribution in [1.82, 2.24) is 15.3 Å². The van der Waals surface area contributed by atoms with Crippen LogP contribution in [-0.4, -0.2) is 23.1 Å². The summed E-state index contributed by atoms with van der Waals surface area (Å²) in [7, 11) is 0. The Morgan fingerprint density at radius 3 is 2.67 bits per heavy atom. The lowest BCUT2D eigenvalue weighted by atomic mass is 9.94. The van der Waals surface area contributed by atoms with Crippen molar-refractivity contribution >= 4 is 12.4 Å². The fourth-order valence-corrected chi connectivity index (χ4v) is 1.82. The van der Waals surface area contributed by atoms with Crippen molar-refractivity contribution in [3.63, 3.8) is 0 Å². The van der Waals surface area contributed by atoms with E-state index in [-0.39, 0.29) is 12.4 Å². The van der Waals surface area contributed by atoms with Gasteiger partial charge in [0.15, 0.2) is 0 Å². The minimum absolute atomic E-state index is 0. The summed E-state index contributed by atoms with van der Waals surface area (Å²) in [5.74, 6) is 1.30. The highest BCUT2D eigenvalue weighted by atomic mass is 35.5. The van der Waals surface area contributed by atoms with E-state index in [1.165, 1.54) is 18.4 Å². The van der Waals surface area contributed by atoms with Gasteiger partial charge < -0.3 is 11.1 Å². The molecular weight excluding hydrogens is 212 g/mol. The molecule has 3 N–H and O–H groups in total. The molecule has 0 bridgehead atoms. The average Bonchev–Trinajstić information content (AvgIpc) is 2.30. The van der Waals surface area contributed by atoms with Crippen LogP contribution in [0, 0.1) is 0 Å². The number of nitrogens with two attached hydrogens (primary N) is 1. The highest BCUT2D eigenvalue weighted by Crippen LogP contribution is 2.21. The molecule has 0 saturated carbocycles. The molecule has 15 heavy (non-hydrogen) atoms. The van der Waals surface area contributed by atoms with Gasteiger partial charge in [0.2, 0.25) is 0 Å².